The van der Waals surface area contributed by atoms with Gasteiger partial charge in [-0.3, -0.25) is 0 Å². The zero-order valence-electron chi connectivity index (χ0n) is 18.7. The summed E-state index contributed by atoms with van der Waals surface area (Å²) in [6.45, 7) is 11.3. The summed E-state index contributed by atoms with van der Waals surface area (Å²) in [6, 6.07) is 28.0. The molecule has 0 atom stereocenters. The Morgan fingerprint density at radius 1 is 0.586 bits per heavy atom. The first kappa shape index (κ1) is 25.6. The van der Waals surface area contributed by atoms with E-state index in [2.05, 4.69) is 107 Å². The normalized spacial score (nSPS) is 10.4. The Balaban J connectivity index is 0.00000210. The Kier molecular flexibility index (Phi) is 10.3. The second kappa shape index (κ2) is 11.7. The molecule has 0 N–H and O–H groups in total. The maximum Gasteiger partial charge on any atom is 0.428 e. The Bertz CT molecular complexity index is 795. The number of hydrogen-bond donors (Lipinski definition) is 0. The van der Waals surface area contributed by atoms with Gasteiger partial charge in [-0.25, -0.2) is 0 Å². The Labute approximate surface area is 194 Å². The van der Waals surface area contributed by atoms with Gasteiger partial charge in [0, 0.05) is 21.1 Å². The minimum atomic E-state index is -0.986. The van der Waals surface area contributed by atoms with Crippen molar-refractivity contribution in [2.45, 2.75) is 52.9 Å². The van der Waals surface area contributed by atoms with E-state index in [9.17, 15) is 0 Å². The monoisotopic (exact) mass is 484 g/mol. The van der Waals surface area contributed by atoms with Gasteiger partial charge in [0.25, 0.3) is 0 Å². The molecule has 3 aromatic rings. The molecule has 0 saturated carbocycles. The van der Waals surface area contributed by atoms with Crippen molar-refractivity contribution in [1.29, 1.82) is 0 Å². The summed E-state index contributed by atoms with van der Waals surface area (Å²) in [5.41, 5.74) is 4.23. The second-order valence-corrected chi connectivity index (χ2v) is 10.5. The SMILES string of the molecule is CCc1ccc([Si+](c2ccc(C(C)C)cc2)c2ccc(C(C)C)cc2)cc1.[CH3-].[Mo]. The van der Waals surface area contributed by atoms with E-state index >= 15 is 0 Å². The fraction of sp³-hybridized carbons (Fsp3) is 0.296. The summed E-state index contributed by atoms with van der Waals surface area (Å²) >= 11 is 0. The third-order valence-corrected chi connectivity index (χ3v) is 8.11. The van der Waals surface area contributed by atoms with Gasteiger partial charge >= 0.3 is 8.80 Å². The van der Waals surface area contributed by atoms with Crippen molar-refractivity contribution >= 4 is 24.4 Å². The van der Waals surface area contributed by atoms with Gasteiger partial charge in [-0.1, -0.05) is 71.0 Å². The van der Waals surface area contributed by atoms with E-state index in [1.165, 1.54) is 32.3 Å². The van der Waals surface area contributed by atoms with Crippen LogP contribution < -0.4 is 15.6 Å². The van der Waals surface area contributed by atoms with E-state index in [1.807, 2.05) is 0 Å². The third-order valence-electron chi connectivity index (χ3n) is 5.38. The molecule has 0 heterocycles. The van der Waals surface area contributed by atoms with Crippen LogP contribution in [0.25, 0.3) is 0 Å². The zero-order chi connectivity index (χ0) is 19.4. The van der Waals surface area contributed by atoms with Crippen molar-refractivity contribution in [1.82, 2.24) is 0 Å². The molecule has 0 aliphatic carbocycles. The van der Waals surface area contributed by atoms with Crippen LogP contribution in [0.1, 0.15) is 63.1 Å². The van der Waals surface area contributed by atoms with Gasteiger partial charge in [-0.15, -0.1) is 0 Å². The average molecular weight is 483 g/mol. The largest absolute Gasteiger partial charge is 0.428 e. The molecule has 2 heteroatoms. The van der Waals surface area contributed by atoms with Crippen LogP contribution in [0, 0.1) is 7.43 Å². The summed E-state index contributed by atoms with van der Waals surface area (Å²) in [6.07, 6.45) is 1.09. The van der Waals surface area contributed by atoms with Crippen LogP contribution in [0.5, 0.6) is 0 Å². The van der Waals surface area contributed by atoms with Crippen molar-refractivity contribution in [3.05, 3.63) is 96.9 Å². The first-order chi connectivity index (χ1) is 13.0. The Hall–Kier alpha value is -1.43. The summed E-state index contributed by atoms with van der Waals surface area (Å²) in [4.78, 5) is 0. The molecule has 0 radical (unpaired) electrons. The van der Waals surface area contributed by atoms with Gasteiger partial charge in [-0.2, -0.15) is 0 Å². The van der Waals surface area contributed by atoms with Crippen molar-refractivity contribution in [2.75, 3.05) is 0 Å². The summed E-state index contributed by atoms with van der Waals surface area (Å²) in [5, 5.41) is 4.39. The van der Waals surface area contributed by atoms with E-state index in [0.717, 1.165) is 6.42 Å². The topological polar surface area (TPSA) is 0 Å². The summed E-state index contributed by atoms with van der Waals surface area (Å²) in [5.74, 6) is 1.15. The molecule has 0 unspecified atom stereocenters. The van der Waals surface area contributed by atoms with Crippen LogP contribution in [-0.2, 0) is 27.5 Å². The fourth-order valence-electron chi connectivity index (χ4n) is 3.48. The minimum Gasteiger partial charge on any atom is -0.358 e. The molecule has 0 amide bonds. The number of rotatable bonds is 6. The van der Waals surface area contributed by atoms with Crippen molar-refractivity contribution in [3.8, 4) is 0 Å². The zero-order valence-corrected chi connectivity index (χ0v) is 21.7. The maximum atomic E-state index is 2.35. The molecule has 0 fully saturated rings. The van der Waals surface area contributed by atoms with Crippen LogP contribution >= 0.6 is 0 Å². The molecule has 3 rings (SSSR count). The van der Waals surface area contributed by atoms with E-state index < -0.39 is 8.80 Å². The first-order valence-electron chi connectivity index (χ1n) is 10.2. The van der Waals surface area contributed by atoms with Crippen LogP contribution in [0.4, 0.5) is 0 Å². The van der Waals surface area contributed by atoms with Gasteiger partial charge in [0.15, 0.2) is 0 Å². The van der Waals surface area contributed by atoms with Crippen LogP contribution in [0.15, 0.2) is 72.8 Å². The van der Waals surface area contributed by atoms with Crippen LogP contribution in [0.3, 0.4) is 0 Å². The second-order valence-electron chi connectivity index (χ2n) is 7.98. The maximum absolute atomic E-state index is 2.35. The predicted octanol–water partition coefficient (Wildman–Crippen LogP) is 5.46. The van der Waals surface area contributed by atoms with Gasteiger partial charge in [-0.05, 0) is 71.3 Å². The Morgan fingerprint density at radius 2 is 0.897 bits per heavy atom. The van der Waals surface area contributed by atoms with Gasteiger partial charge in [0.05, 0.1) is 0 Å². The molecule has 3 aromatic carbocycles. The standard InChI is InChI=1S/C26H31Si.CH3.Mo/c1-6-21-7-13-24(14-8-21)27(25-15-9-22(10-16-25)19(2)3)26-17-11-23(12-18-26)20(4)5;;/h7-20H,6H2,1-5H3;1H3;/q+1;-1;. The molecule has 29 heavy (non-hydrogen) atoms. The number of benzene rings is 3. The molecule has 0 aromatic heterocycles. The van der Waals surface area contributed by atoms with E-state index in [-0.39, 0.29) is 28.5 Å². The molecule has 0 bridgehead atoms. The predicted molar refractivity (Wildman–Crippen MR) is 128 cm³/mol. The van der Waals surface area contributed by atoms with Crippen molar-refractivity contribution in [2.24, 2.45) is 0 Å². The molecule has 0 saturated heterocycles. The molecule has 0 spiro atoms. The summed E-state index contributed by atoms with van der Waals surface area (Å²) < 4.78 is 0. The number of aryl methyl sites for hydroxylation is 1. The summed E-state index contributed by atoms with van der Waals surface area (Å²) in [7, 11) is -0.986. The quantitative estimate of drug-likeness (QED) is 0.249. The third kappa shape index (κ3) is 6.27. The van der Waals surface area contributed by atoms with E-state index in [4.69, 9.17) is 0 Å². The van der Waals surface area contributed by atoms with Gasteiger partial charge < -0.3 is 7.43 Å². The fourth-order valence-corrected chi connectivity index (χ4v) is 5.98. The molecule has 0 aliphatic heterocycles. The van der Waals surface area contributed by atoms with Crippen molar-refractivity contribution in [3.63, 3.8) is 0 Å². The molecule has 152 valence electrons. The van der Waals surface area contributed by atoms with Gasteiger partial charge in [0.2, 0.25) is 0 Å². The smallest absolute Gasteiger partial charge is 0.358 e. The van der Waals surface area contributed by atoms with Gasteiger partial charge in [0.1, 0.15) is 15.6 Å². The Morgan fingerprint density at radius 3 is 1.17 bits per heavy atom. The average Bonchev–Trinajstić information content (AvgIpc) is 2.69. The molecule has 0 aliphatic rings. The van der Waals surface area contributed by atoms with E-state index in [1.54, 1.807) is 0 Å². The van der Waals surface area contributed by atoms with Crippen LogP contribution in [-0.4, -0.2) is 8.80 Å². The van der Waals surface area contributed by atoms with E-state index in [0.29, 0.717) is 11.8 Å². The van der Waals surface area contributed by atoms with Crippen LogP contribution in [0.2, 0.25) is 0 Å². The number of hydrogen-bond acceptors (Lipinski definition) is 0. The van der Waals surface area contributed by atoms with Crippen molar-refractivity contribution < 1.29 is 21.1 Å². The minimum absolute atomic E-state index is 0. The molecular weight excluding hydrogens is 448 g/mol. The molecular formula is C27H34MoSi. The molecule has 0 nitrogen and oxygen atoms in total. The first-order valence-corrected chi connectivity index (χ1v) is 11.7.